The molecule has 0 radical (unpaired) electrons. The van der Waals surface area contributed by atoms with E-state index in [1.165, 1.54) is 0 Å². The molecule has 0 aromatic carbocycles. The van der Waals surface area contributed by atoms with Gasteiger partial charge in [0.1, 0.15) is 0 Å². The molecule has 0 bridgehead atoms. The first-order valence-corrected chi connectivity index (χ1v) is 5.15. The first-order chi connectivity index (χ1) is 1.73. The van der Waals surface area contributed by atoms with Gasteiger partial charge in [-0.25, -0.2) is 0 Å². The summed E-state index contributed by atoms with van der Waals surface area (Å²) < 4.78 is 25.9. The fourth-order valence-corrected chi connectivity index (χ4v) is 0. The van der Waals surface area contributed by atoms with Crippen LogP contribution in [0.3, 0.4) is 0 Å². The van der Waals surface area contributed by atoms with Crippen molar-refractivity contribution in [2.45, 2.75) is 0 Å². The Bertz CT molecular complexity index is 76.3. The topological polar surface area (TPSA) is 51.2 Å². The van der Waals surface area contributed by atoms with Crippen LogP contribution in [0.1, 0.15) is 0 Å². The predicted molar refractivity (Wildman–Crippen MR) is 2.06 cm³/mol. The Morgan fingerprint density at radius 3 is 1.00 bits per heavy atom. The van der Waals surface area contributed by atoms with Crippen LogP contribution in [0.25, 0.3) is 0 Å². The minimum atomic E-state index is -4.47. The molecule has 0 fully saturated rings. The molecule has 0 spiro atoms. The van der Waals surface area contributed by atoms with Gasteiger partial charge in [0.2, 0.25) is 0 Å². The van der Waals surface area contributed by atoms with Gasteiger partial charge in [0.25, 0.3) is 0 Å². The Morgan fingerprint density at radius 2 is 1.00 bits per heavy atom. The fraction of sp³-hybridized carbons (Fsp3) is 0. The van der Waals surface area contributed by atoms with Crippen LogP contribution in [0.15, 0.2) is 0 Å². The average molecular weight is 246 g/mol. The molecule has 0 amide bonds. The Balaban J connectivity index is 0. The summed E-state index contributed by atoms with van der Waals surface area (Å²) in [6.07, 6.45) is 0. The Morgan fingerprint density at radius 1 is 1.00 bits per heavy atom. The molecule has 5 heavy (non-hydrogen) atoms. The third-order valence-electron chi connectivity index (χ3n) is 0. The van der Waals surface area contributed by atoms with Crippen LogP contribution in [0, 0.1) is 30.2 Å². The summed E-state index contributed by atoms with van der Waals surface area (Å²) in [5.41, 5.74) is 0. The van der Waals surface area contributed by atoms with Crippen molar-refractivity contribution in [3.8, 4) is 0 Å². The van der Waals surface area contributed by atoms with Crippen LogP contribution in [0.4, 0.5) is 0 Å². The Kier molecular flexibility index (Phi) is 9.60. The Labute approximate surface area is 51.2 Å². The molecule has 31 valence electrons. The third kappa shape index (κ3) is 41.0. The molecule has 5 heteroatoms. The second-order valence-electron chi connectivity index (χ2n) is 0.289. The van der Waals surface area contributed by atoms with Gasteiger partial charge >= 0.3 is 35.3 Å². The summed E-state index contributed by atoms with van der Waals surface area (Å²) in [6, 6.07) is 0. The van der Waals surface area contributed by atoms with E-state index >= 15 is 0 Å². The van der Waals surface area contributed by atoms with Crippen molar-refractivity contribution in [2.24, 2.45) is 0 Å². The summed E-state index contributed by atoms with van der Waals surface area (Å²) in [7, 11) is 0. The van der Waals surface area contributed by atoms with Crippen LogP contribution in [-0.4, -0.2) is 0 Å². The van der Waals surface area contributed by atoms with E-state index in [0.29, 0.717) is 0 Å². The van der Waals surface area contributed by atoms with Gasteiger partial charge in [0, 0.05) is 16.5 Å². The maximum absolute atomic E-state index is 8.64. The fourth-order valence-electron chi connectivity index (χ4n) is 0. The quantitative estimate of drug-likeness (QED) is 0.548. The van der Waals surface area contributed by atoms with Gasteiger partial charge in [0.05, 0.1) is 0 Å². The molecule has 0 N–H and O–H groups in total. The third-order valence-corrected chi connectivity index (χ3v) is 0. The second kappa shape index (κ2) is 5.09. The zero-order chi connectivity index (χ0) is 3.58. The van der Waals surface area contributed by atoms with Crippen molar-refractivity contribution >= 4 is 0 Å². The number of hydrogen-bond donors (Lipinski definition) is 0. The summed E-state index contributed by atoms with van der Waals surface area (Å²) in [5, 5.41) is 0. The monoisotopic (exact) mass is 245 g/mol. The van der Waals surface area contributed by atoms with Gasteiger partial charge in [-0.2, -0.15) is 0 Å². The first-order valence-electron chi connectivity index (χ1n) is 0.707. The second-order valence-corrected chi connectivity index (χ2v) is 2.10. The normalized spacial score (nSPS) is 3.00. The van der Waals surface area contributed by atoms with E-state index < -0.39 is 30.2 Å². The van der Waals surface area contributed by atoms with E-state index in [4.69, 9.17) is 5.09 Å². The van der Waals surface area contributed by atoms with Crippen molar-refractivity contribution in [3.63, 3.8) is 0 Å². The summed E-state index contributed by atoms with van der Waals surface area (Å²) >= 11 is -4.47. The molecule has 3 nitrogen and oxygen atoms in total. The van der Waals surface area contributed by atoms with E-state index in [1.54, 1.807) is 0 Å². The van der Waals surface area contributed by atoms with Crippen LogP contribution < -0.4 is 0 Å². The van der Waals surface area contributed by atoms with Gasteiger partial charge in [-0.3, -0.25) is 0 Å². The van der Waals surface area contributed by atoms with Crippen molar-refractivity contribution < 1.29 is 51.8 Å². The molecule has 0 aromatic rings. The maximum atomic E-state index is 8.64. The van der Waals surface area contributed by atoms with Gasteiger partial charge in [-0.1, -0.05) is 0 Å². The van der Waals surface area contributed by atoms with Gasteiger partial charge < -0.3 is 0 Å². The van der Waals surface area contributed by atoms with Gasteiger partial charge in [-0.15, -0.1) is 0 Å². The van der Waals surface area contributed by atoms with Crippen LogP contribution in [0.2, 0.25) is 0 Å². The van der Waals surface area contributed by atoms with E-state index in [-0.39, 0.29) is 16.5 Å². The van der Waals surface area contributed by atoms with Crippen molar-refractivity contribution in [1.29, 1.82) is 0 Å². The molecule has 0 saturated heterocycles. The molecule has 0 unspecified atom stereocenters. The molecule has 0 aliphatic heterocycles. The summed E-state index contributed by atoms with van der Waals surface area (Å²) in [6.45, 7) is 0. The molecular formula is LaNiO3. The van der Waals surface area contributed by atoms with Crippen LogP contribution >= 0.6 is 0 Å². The van der Waals surface area contributed by atoms with Gasteiger partial charge in [-0.05, 0) is 0 Å². The Hall–Kier alpha value is 1.09. The molecular weight excluding hydrogens is 246 g/mol. The van der Waals surface area contributed by atoms with Crippen LogP contribution in [-0.2, 0) is 21.6 Å². The van der Waals surface area contributed by atoms with Crippen molar-refractivity contribution in [1.82, 2.24) is 0 Å². The molecule has 0 aliphatic carbocycles. The summed E-state index contributed by atoms with van der Waals surface area (Å²) in [4.78, 5) is 0. The average Bonchev–Trinajstić information content (AvgIpc) is 0.811. The zero-order valence-electron chi connectivity index (χ0n) is 2.12. The van der Waals surface area contributed by atoms with Crippen molar-refractivity contribution in [2.75, 3.05) is 0 Å². The van der Waals surface area contributed by atoms with E-state index in [2.05, 4.69) is 0 Å². The van der Waals surface area contributed by atoms with E-state index in [9.17, 15) is 0 Å². The minimum absolute atomic E-state index is 0. The summed E-state index contributed by atoms with van der Waals surface area (Å²) in [5.74, 6) is 0. The molecule has 0 saturated carbocycles. The predicted octanol–water partition coefficient (Wildman–Crippen LogP) is -0.359. The zero-order valence-corrected chi connectivity index (χ0v) is 6.73. The van der Waals surface area contributed by atoms with Crippen molar-refractivity contribution in [3.05, 3.63) is 0 Å². The molecule has 0 atom stereocenters. The van der Waals surface area contributed by atoms with E-state index in [1.807, 2.05) is 0 Å². The van der Waals surface area contributed by atoms with E-state index in [0.717, 1.165) is 0 Å². The standard InChI is InChI=1S/La.Ni.3O. The molecule has 0 heterocycles. The number of hydrogen-bond acceptors (Lipinski definition) is 3. The van der Waals surface area contributed by atoms with Gasteiger partial charge in [0.15, 0.2) is 0 Å². The SMILES string of the molecule is [Ni].[O]=[La](=[O])=[O]. The molecule has 0 aliphatic rings. The first kappa shape index (κ1) is 9.43. The van der Waals surface area contributed by atoms with Crippen LogP contribution in [0.5, 0.6) is 0 Å². The number of rotatable bonds is 0. The molecule has 0 aromatic heterocycles. The molecule has 0 rings (SSSR count).